The van der Waals surface area contributed by atoms with Gasteiger partial charge in [0.2, 0.25) is 0 Å². The maximum atomic E-state index is 12.4. The van der Waals surface area contributed by atoms with Crippen molar-refractivity contribution >= 4 is 17.5 Å². The molecule has 1 aromatic heterocycles. The number of methoxy groups -OCH3 is 1. The van der Waals surface area contributed by atoms with E-state index >= 15 is 0 Å². The lowest BCUT2D eigenvalue weighted by atomic mass is 10.2. The molecule has 0 unspecified atom stereocenters. The van der Waals surface area contributed by atoms with Gasteiger partial charge >= 0.3 is 0 Å². The van der Waals surface area contributed by atoms with E-state index in [0.29, 0.717) is 23.9 Å². The van der Waals surface area contributed by atoms with E-state index in [4.69, 9.17) is 4.74 Å². The van der Waals surface area contributed by atoms with Crippen molar-refractivity contribution in [3.05, 3.63) is 53.9 Å². The Bertz CT molecular complexity index is 729. The number of para-hydroxylation sites is 2. The Kier molecular flexibility index (Phi) is 5.89. The molecule has 0 aliphatic heterocycles. The van der Waals surface area contributed by atoms with Gasteiger partial charge in [-0.2, -0.15) is 0 Å². The fraction of sp³-hybridized carbons (Fsp3) is 0.278. The van der Waals surface area contributed by atoms with Gasteiger partial charge in [0.1, 0.15) is 17.1 Å². The second-order valence-electron chi connectivity index (χ2n) is 5.67. The van der Waals surface area contributed by atoms with Crippen molar-refractivity contribution in [2.45, 2.75) is 13.8 Å². The third-order valence-electron chi connectivity index (χ3n) is 3.24. The first-order valence-electron chi connectivity index (χ1n) is 7.71. The molecule has 0 saturated heterocycles. The molecule has 0 atom stereocenters. The van der Waals surface area contributed by atoms with Crippen LogP contribution in [0.2, 0.25) is 0 Å². The second-order valence-corrected chi connectivity index (χ2v) is 5.67. The maximum Gasteiger partial charge on any atom is 0.274 e. The number of rotatable bonds is 6. The maximum absolute atomic E-state index is 12.4. The summed E-state index contributed by atoms with van der Waals surface area (Å²) in [7, 11) is 1.53. The van der Waals surface area contributed by atoms with E-state index in [0.717, 1.165) is 0 Å². The summed E-state index contributed by atoms with van der Waals surface area (Å²) < 4.78 is 5.20. The highest BCUT2D eigenvalue weighted by molar-refractivity contribution is 6.04. The quantitative estimate of drug-likeness (QED) is 0.855. The lowest BCUT2D eigenvalue weighted by Gasteiger charge is -2.10. The summed E-state index contributed by atoms with van der Waals surface area (Å²) in [4.78, 5) is 28.6. The summed E-state index contributed by atoms with van der Waals surface area (Å²) in [5.74, 6) is 0.191. The van der Waals surface area contributed by atoms with E-state index in [1.807, 2.05) is 19.9 Å². The monoisotopic (exact) mass is 327 g/mol. The summed E-state index contributed by atoms with van der Waals surface area (Å²) in [6.07, 6.45) is 0. The largest absolute Gasteiger partial charge is 0.495 e. The Hall–Kier alpha value is -2.89. The molecule has 0 radical (unpaired) electrons. The second kappa shape index (κ2) is 8.10. The van der Waals surface area contributed by atoms with Crippen LogP contribution in [0.15, 0.2) is 42.5 Å². The van der Waals surface area contributed by atoms with Gasteiger partial charge in [-0.1, -0.05) is 32.0 Å². The average molecular weight is 327 g/mol. The molecule has 1 heterocycles. The number of anilines is 1. The van der Waals surface area contributed by atoms with Crippen LogP contribution in [0.1, 0.15) is 34.8 Å². The summed E-state index contributed by atoms with van der Waals surface area (Å²) >= 11 is 0. The molecule has 6 nitrogen and oxygen atoms in total. The standard InChI is InChI=1S/C18H21N3O3/c1-12(2)11-19-17(22)14-8-6-9-15(20-14)18(23)21-13-7-4-5-10-16(13)24-3/h4-10,12H,11H2,1-3H3,(H,19,22)(H,21,23). The van der Waals surface area contributed by atoms with Gasteiger partial charge in [-0.3, -0.25) is 9.59 Å². The number of aromatic nitrogens is 1. The van der Waals surface area contributed by atoms with Gasteiger partial charge < -0.3 is 15.4 Å². The molecular formula is C18H21N3O3. The Morgan fingerprint density at radius 1 is 1.04 bits per heavy atom. The number of carbonyl (C=O) groups is 2. The first-order chi connectivity index (χ1) is 11.5. The predicted molar refractivity (Wildman–Crippen MR) is 92.4 cm³/mol. The summed E-state index contributed by atoms with van der Waals surface area (Å²) in [6.45, 7) is 4.56. The summed E-state index contributed by atoms with van der Waals surface area (Å²) in [5, 5.41) is 5.52. The SMILES string of the molecule is COc1ccccc1NC(=O)c1cccc(C(=O)NCC(C)C)n1. The topological polar surface area (TPSA) is 80.3 Å². The van der Waals surface area contributed by atoms with Gasteiger partial charge in [0.05, 0.1) is 12.8 Å². The minimum Gasteiger partial charge on any atom is -0.495 e. The molecular weight excluding hydrogens is 306 g/mol. The van der Waals surface area contributed by atoms with Crippen molar-refractivity contribution in [1.82, 2.24) is 10.3 Å². The molecule has 2 aromatic rings. The summed E-state index contributed by atoms with van der Waals surface area (Å²) in [5.41, 5.74) is 0.919. The molecule has 0 saturated carbocycles. The Morgan fingerprint density at radius 2 is 1.71 bits per heavy atom. The number of carbonyl (C=O) groups excluding carboxylic acids is 2. The number of pyridine rings is 1. The normalized spacial score (nSPS) is 10.3. The van der Waals surface area contributed by atoms with Crippen LogP contribution in [0, 0.1) is 5.92 Å². The van der Waals surface area contributed by atoms with Crippen molar-refractivity contribution in [3.63, 3.8) is 0 Å². The lowest BCUT2D eigenvalue weighted by molar-refractivity contribution is 0.0944. The molecule has 2 N–H and O–H groups in total. The number of hydrogen-bond acceptors (Lipinski definition) is 4. The van der Waals surface area contributed by atoms with Gasteiger partial charge in [0.25, 0.3) is 11.8 Å². The highest BCUT2D eigenvalue weighted by Crippen LogP contribution is 2.23. The summed E-state index contributed by atoms with van der Waals surface area (Å²) in [6, 6.07) is 11.9. The molecule has 2 amide bonds. The van der Waals surface area contributed by atoms with Crippen molar-refractivity contribution < 1.29 is 14.3 Å². The first-order valence-corrected chi connectivity index (χ1v) is 7.71. The molecule has 2 rings (SSSR count). The minimum atomic E-state index is -0.405. The third-order valence-corrected chi connectivity index (χ3v) is 3.24. The molecule has 0 aliphatic carbocycles. The average Bonchev–Trinajstić information content (AvgIpc) is 2.60. The van der Waals surface area contributed by atoms with Gasteiger partial charge in [0.15, 0.2) is 0 Å². The van der Waals surface area contributed by atoms with Crippen molar-refractivity contribution in [1.29, 1.82) is 0 Å². The van der Waals surface area contributed by atoms with E-state index in [1.165, 1.54) is 7.11 Å². The number of benzene rings is 1. The zero-order valence-electron chi connectivity index (χ0n) is 14.0. The van der Waals surface area contributed by atoms with E-state index in [-0.39, 0.29) is 17.3 Å². The predicted octanol–water partition coefficient (Wildman–Crippen LogP) is 2.73. The third kappa shape index (κ3) is 4.55. The van der Waals surface area contributed by atoms with Crippen LogP contribution in [0.4, 0.5) is 5.69 Å². The molecule has 24 heavy (non-hydrogen) atoms. The Labute approximate surface area is 141 Å². The minimum absolute atomic E-state index is 0.165. The molecule has 6 heteroatoms. The fourth-order valence-electron chi connectivity index (χ4n) is 2.01. The van der Waals surface area contributed by atoms with Crippen LogP contribution in [0.3, 0.4) is 0 Å². The number of nitrogens with one attached hydrogen (secondary N) is 2. The van der Waals surface area contributed by atoms with Crippen molar-refractivity contribution in [2.24, 2.45) is 5.92 Å². The molecule has 0 fully saturated rings. The van der Waals surface area contributed by atoms with Gasteiger partial charge in [-0.05, 0) is 30.2 Å². The zero-order chi connectivity index (χ0) is 17.5. The molecule has 0 aliphatic rings. The highest BCUT2D eigenvalue weighted by atomic mass is 16.5. The van der Waals surface area contributed by atoms with Gasteiger partial charge in [0, 0.05) is 6.54 Å². The Morgan fingerprint density at radius 3 is 2.38 bits per heavy atom. The lowest BCUT2D eigenvalue weighted by Crippen LogP contribution is -2.28. The van der Waals surface area contributed by atoms with E-state index < -0.39 is 5.91 Å². The number of ether oxygens (including phenoxy) is 1. The van der Waals surface area contributed by atoms with Crippen molar-refractivity contribution in [3.8, 4) is 5.75 Å². The molecule has 0 spiro atoms. The smallest absolute Gasteiger partial charge is 0.274 e. The van der Waals surface area contributed by atoms with Crippen LogP contribution >= 0.6 is 0 Å². The van der Waals surface area contributed by atoms with Crippen LogP contribution in [-0.2, 0) is 0 Å². The number of amides is 2. The van der Waals surface area contributed by atoms with Crippen LogP contribution in [0.5, 0.6) is 5.75 Å². The van der Waals surface area contributed by atoms with Crippen LogP contribution in [-0.4, -0.2) is 30.5 Å². The highest BCUT2D eigenvalue weighted by Gasteiger charge is 2.14. The molecule has 126 valence electrons. The van der Waals surface area contributed by atoms with Crippen LogP contribution in [0.25, 0.3) is 0 Å². The van der Waals surface area contributed by atoms with Crippen LogP contribution < -0.4 is 15.4 Å². The van der Waals surface area contributed by atoms with E-state index in [1.54, 1.807) is 36.4 Å². The number of nitrogens with zero attached hydrogens (tertiary/aromatic N) is 1. The zero-order valence-corrected chi connectivity index (χ0v) is 14.0. The fourth-order valence-corrected chi connectivity index (χ4v) is 2.01. The first kappa shape index (κ1) is 17.5. The number of hydrogen-bond donors (Lipinski definition) is 2. The molecule has 1 aromatic carbocycles. The van der Waals surface area contributed by atoms with Gasteiger partial charge in [-0.15, -0.1) is 0 Å². The van der Waals surface area contributed by atoms with Crippen molar-refractivity contribution in [2.75, 3.05) is 19.0 Å². The Balaban J connectivity index is 2.13. The molecule has 0 bridgehead atoms. The van der Waals surface area contributed by atoms with E-state index in [2.05, 4.69) is 15.6 Å². The van der Waals surface area contributed by atoms with E-state index in [9.17, 15) is 9.59 Å². The van der Waals surface area contributed by atoms with Gasteiger partial charge in [-0.25, -0.2) is 4.98 Å².